The lowest BCUT2D eigenvalue weighted by Crippen LogP contribution is -2.37. The first-order chi connectivity index (χ1) is 12.3. The van der Waals surface area contributed by atoms with Crippen molar-refractivity contribution in [2.75, 3.05) is 25.1 Å². The molecule has 130 valence electrons. The highest BCUT2D eigenvalue weighted by Gasteiger charge is 2.25. The Morgan fingerprint density at radius 2 is 2.24 bits per heavy atom. The van der Waals surface area contributed by atoms with Crippen molar-refractivity contribution in [1.82, 2.24) is 25.0 Å². The van der Waals surface area contributed by atoms with Crippen LogP contribution < -0.4 is 9.64 Å². The fourth-order valence-electron chi connectivity index (χ4n) is 3.40. The number of aromatic nitrogens is 5. The minimum absolute atomic E-state index is 0.0931. The maximum Gasteiger partial charge on any atom is 0.143 e. The molecule has 0 bridgehead atoms. The third kappa shape index (κ3) is 2.89. The first-order valence-electron chi connectivity index (χ1n) is 8.34. The summed E-state index contributed by atoms with van der Waals surface area (Å²) in [5, 5.41) is 18.3. The van der Waals surface area contributed by atoms with Gasteiger partial charge in [-0.2, -0.15) is 0 Å². The van der Waals surface area contributed by atoms with Crippen LogP contribution in [0.15, 0.2) is 30.7 Å². The number of ether oxygens (including phenoxy) is 1. The quantitative estimate of drug-likeness (QED) is 0.771. The summed E-state index contributed by atoms with van der Waals surface area (Å²) < 4.78 is 7.37. The van der Waals surface area contributed by atoms with Crippen LogP contribution >= 0.6 is 0 Å². The molecule has 4 rings (SSSR count). The van der Waals surface area contributed by atoms with Gasteiger partial charge in [0, 0.05) is 13.1 Å². The van der Waals surface area contributed by atoms with Crippen LogP contribution in [-0.4, -0.2) is 50.3 Å². The summed E-state index contributed by atoms with van der Waals surface area (Å²) in [6, 6.07) is 6.03. The van der Waals surface area contributed by atoms with E-state index in [0.717, 1.165) is 48.4 Å². The number of fused-ring (bicyclic) bond motifs is 1. The van der Waals surface area contributed by atoms with Gasteiger partial charge in [-0.05, 0) is 25.0 Å². The fraction of sp³-hybridized carbons (Fsp3) is 0.412. The van der Waals surface area contributed by atoms with Gasteiger partial charge in [0.25, 0.3) is 0 Å². The van der Waals surface area contributed by atoms with E-state index in [1.165, 1.54) is 0 Å². The minimum Gasteiger partial charge on any atom is -0.496 e. The van der Waals surface area contributed by atoms with Crippen LogP contribution in [-0.2, 0) is 6.61 Å². The summed E-state index contributed by atoms with van der Waals surface area (Å²) in [4.78, 5) is 11.2. The van der Waals surface area contributed by atoms with Crippen molar-refractivity contribution in [2.45, 2.75) is 25.5 Å². The van der Waals surface area contributed by atoms with E-state index in [-0.39, 0.29) is 12.6 Å². The largest absolute Gasteiger partial charge is 0.496 e. The maximum atomic E-state index is 9.20. The van der Waals surface area contributed by atoms with Crippen LogP contribution in [0, 0.1) is 0 Å². The van der Waals surface area contributed by atoms with Crippen LogP contribution in [0.5, 0.6) is 5.75 Å². The summed E-state index contributed by atoms with van der Waals surface area (Å²) in [5.74, 6) is 1.66. The first-order valence-corrected chi connectivity index (χ1v) is 8.34. The normalized spacial score (nSPS) is 17.8. The van der Waals surface area contributed by atoms with Gasteiger partial charge in [0.2, 0.25) is 0 Å². The standard InChI is InChI=1S/C17H20N6O2/c1-25-15-6-2-5-14-16(15)17(19-11-18-14)22-7-3-4-13(9-22)23-8-12(10-24)20-21-23/h2,5-6,8,11,13,24H,3-4,7,9-10H2,1H3/t13-/m0/s1. The number of anilines is 1. The Labute approximate surface area is 145 Å². The predicted octanol–water partition coefficient (Wildman–Crippen LogP) is 1.56. The molecule has 2 aromatic heterocycles. The van der Waals surface area contributed by atoms with E-state index in [9.17, 15) is 5.11 Å². The molecule has 0 aliphatic carbocycles. The van der Waals surface area contributed by atoms with E-state index in [1.54, 1.807) is 13.4 Å². The van der Waals surface area contributed by atoms with Gasteiger partial charge in [0.05, 0.1) is 36.9 Å². The van der Waals surface area contributed by atoms with Crippen molar-refractivity contribution in [2.24, 2.45) is 0 Å². The topological polar surface area (TPSA) is 89.2 Å². The van der Waals surface area contributed by atoms with Crippen molar-refractivity contribution in [3.63, 3.8) is 0 Å². The first kappa shape index (κ1) is 15.8. The van der Waals surface area contributed by atoms with Gasteiger partial charge in [0.1, 0.15) is 23.6 Å². The van der Waals surface area contributed by atoms with Crippen molar-refractivity contribution >= 4 is 16.7 Å². The molecular formula is C17H20N6O2. The highest BCUT2D eigenvalue weighted by molar-refractivity contribution is 5.94. The Hall–Kier alpha value is -2.74. The van der Waals surface area contributed by atoms with E-state index >= 15 is 0 Å². The summed E-state index contributed by atoms with van der Waals surface area (Å²) >= 11 is 0. The summed E-state index contributed by atoms with van der Waals surface area (Å²) in [6.45, 7) is 1.60. The molecule has 1 fully saturated rings. The lowest BCUT2D eigenvalue weighted by Gasteiger charge is -2.34. The van der Waals surface area contributed by atoms with E-state index in [2.05, 4.69) is 25.2 Å². The highest BCUT2D eigenvalue weighted by atomic mass is 16.5. The number of hydrogen-bond donors (Lipinski definition) is 1. The number of piperidine rings is 1. The van der Waals surface area contributed by atoms with Gasteiger partial charge in [0.15, 0.2) is 0 Å². The lowest BCUT2D eigenvalue weighted by molar-refractivity contribution is 0.276. The number of hydrogen-bond acceptors (Lipinski definition) is 7. The van der Waals surface area contributed by atoms with Gasteiger partial charge >= 0.3 is 0 Å². The average molecular weight is 340 g/mol. The Balaban J connectivity index is 1.68. The molecular weight excluding hydrogens is 320 g/mol. The van der Waals surface area contributed by atoms with Crippen molar-refractivity contribution in [3.8, 4) is 5.75 Å². The van der Waals surface area contributed by atoms with E-state index < -0.39 is 0 Å². The van der Waals surface area contributed by atoms with Crippen LogP contribution in [0.3, 0.4) is 0 Å². The SMILES string of the molecule is COc1cccc2ncnc(N3CCC[C@H](n4cc(CO)nn4)C3)c12. The zero-order chi connectivity index (χ0) is 17.2. The van der Waals surface area contributed by atoms with Gasteiger partial charge in [-0.15, -0.1) is 5.10 Å². The van der Waals surface area contributed by atoms with Crippen LogP contribution in [0.1, 0.15) is 24.6 Å². The molecule has 1 aliphatic heterocycles. The van der Waals surface area contributed by atoms with Crippen molar-refractivity contribution < 1.29 is 9.84 Å². The molecule has 8 heteroatoms. The summed E-state index contributed by atoms with van der Waals surface area (Å²) in [6.07, 6.45) is 5.46. The molecule has 0 saturated carbocycles. The van der Waals surface area contributed by atoms with E-state index in [4.69, 9.17) is 4.74 Å². The average Bonchev–Trinajstić information content (AvgIpc) is 3.16. The molecule has 1 atom stereocenters. The molecule has 3 heterocycles. The molecule has 1 saturated heterocycles. The van der Waals surface area contributed by atoms with Crippen molar-refractivity contribution in [1.29, 1.82) is 0 Å². The van der Waals surface area contributed by atoms with Gasteiger partial charge < -0.3 is 14.7 Å². The molecule has 0 spiro atoms. The molecule has 1 aromatic carbocycles. The highest BCUT2D eigenvalue weighted by Crippen LogP contribution is 2.34. The number of nitrogens with zero attached hydrogens (tertiary/aromatic N) is 6. The van der Waals surface area contributed by atoms with Crippen LogP contribution in [0.25, 0.3) is 10.9 Å². The van der Waals surface area contributed by atoms with Gasteiger partial charge in [-0.25, -0.2) is 14.6 Å². The molecule has 0 radical (unpaired) electrons. The number of methoxy groups -OCH3 is 1. The maximum absolute atomic E-state index is 9.20. The monoisotopic (exact) mass is 340 g/mol. The fourth-order valence-corrected chi connectivity index (χ4v) is 3.40. The second-order valence-corrected chi connectivity index (χ2v) is 6.14. The molecule has 8 nitrogen and oxygen atoms in total. The zero-order valence-corrected chi connectivity index (χ0v) is 14.0. The van der Waals surface area contributed by atoms with Crippen LogP contribution in [0.2, 0.25) is 0 Å². The van der Waals surface area contributed by atoms with Crippen molar-refractivity contribution in [3.05, 3.63) is 36.4 Å². The van der Waals surface area contributed by atoms with Gasteiger partial charge in [-0.1, -0.05) is 11.3 Å². The molecule has 0 unspecified atom stereocenters. The number of benzene rings is 1. The zero-order valence-electron chi connectivity index (χ0n) is 14.0. The summed E-state index contributed by atoms with van der Waals surface area (Å²) in [5.41, 5.74) is 1.46. The van der Waals surface area contributed by atoms with E-state index in [0.29, 0.717) is 5.69 Å². The second kappa shape index (κ2) is 6.64. The second-order valence-electron chi connectivity index (χ2n) is 6.14. The van der Waals surface area contributed by atoms with Crippen LogP contribution in [0.4, 0.5) is 5.82 Å². The Morgan fingerprint density at radius 1 is 1.32 bits per heavy atom. The van der Waals surface area contributed by atoms with E-state index in [1.807, 2.05) is 29.1 Å². The smallest absolute Gasteiger partial charge is 0.143 e. The number of aliphatic hydroxyl groups is 1. The third-order valence-corrected chi connectivity index (χ3v) is 4.61. The third-order valence-electron chi connectivity index (χ3n) is 4.61. The predicted molar refractivity (Wildman–Crippen MR) is 92.5 cm³/mol. The Bertz CT molecular complexity index is 875. The number of aliphatic hydroxyl groups excluding tert-OH is 1. The number of rotatable bonds is 4. The molecule has 3 aromatic rings. The minimum atomic E-state index is -0.0931. The molecule has 25 heavy (non-hydrogen) atoms. The Kier molecular flexibility index (Phi) is 4.19. The molecule has 0 amide bonds. The Morgan fingerprint density at radius 3 is 3.04 bits per heavy atom. The molecule has 1 N–H and O–H groups in total. The van der Waals surface area contributed by atoms with Gasteiger partial charge in [-0.3, -0.25) is 0 Å². The summed E-state index contributed by atoms with van der Waals surface area (Å²) in [7, 11) is 1.66. The lowest BCUT2D eigenvalue weighted by atomic mass is 10.1. The molecule has 1 aliphatic rings.